The van der Waals surface area contributed by atoms with Gasteiger partial charge in [-0.3, -0.25) is 4.79 Å². The number of fused-ring (bicyclic) bond motifs is 1. The number of halogens is 6. The number of anilines is 2. The van der Waals surface area contributed by atoms with E-state index in [4.69, 9.17) is 0 Å². The zero-order chi connectivity index (χ0) is 23.1. The van der Waals surface area contributed by atoms with Gasteiger partial charge >= 0.3 is 12.4 Å². The van der Waals surface area contributed by atoms with Crippen LogP contribution in [0.1, 0.15) is 24.0 Å². The van der Waals surface area contributed by atoms with Crippen LogP contribution >= 0.6 is 11.3 Å². The number of rotatable bonds is 3. The van der Waals surface area contributed by atoms with Gasteiger partial charge in [0.2, 0.25) is 5.91 Å². The van der Waals surface area contributed by atoms with Crippen molar-refractivity contribution in [2.24, 2.45) is 5.92 Å². The van der Waals surface area contributed by atoms with Gasteiger partial charge in [0.25, 0.3) is 0 Å². The molecular weight excluding hydrogens is 456 g/mol. The summed E-state index contributed by atoms with van der Waals surface area (Å²) in [4.78, 5) is 19.2. The van der Waals surface area contributed by atoms with Crippen LogP contribution in [0.2, 0.25) is 0 Å². The van der Waals surface area contributed by atoms with Crippen molar-refractivity contribution in [3.8, 4) is 0 Å². The maximum absolute atomic E-state index is 13.1. The minimum Gasteiger partial charge on any atom is -0.347 e. The summed E-state index contributed by atoms with van der Waals surface area (Å²) in [5.74, 6) is -1.22. The van der Waals surface area contributed by atoms with Crippen LogP contribution in [0.25, 0.3) is 10.2 Å². The Kier molecular flexibility index (Phi) is 5.78. The van der Waals surface area contributed by atoms with Crippen LogP contribution < -0.4 is 10.2 Å². The van der Waals surface area contributed by atoms with Crippen LogP contribution in [0.3, 0.4) is 0 Å². The predicted octanol–water partition coefficient (Wildman–Crippen LogP) is 6.19. The maximum atomic E-state index is 13.1. The average molecular weight is 473 g/mol. The quantitative estimate of drug-likeness (QED) is 0.462. The molecule has 32 heavy (non-hydrogen) atoms. The summed E-state index contributed by atoms with van der Waals surface area (Å²) in [5.41, 5.74) is -2.65. The molecule has 2 heterocycles. The lowest BCUT2D eigenvalue weighted by molar-refractivity contribution is -0.143. The Morgan fingerprint density at radius 2 is 1.69 bits per heavy atom. The molecule has 0 radical (unpaired) electrons. The van der Waals surface area contributed by atoms with Crippen molar-refractivity contribution >= 4 is 38.3 Å². The molecule has 0 aliphatic carbocycles. The van der Waals surface area contributed by atoms with Gasteiger partial charge in [0.15, 0.2) is 5.13 Å². The van der Waals surface area contributed by atoms with Crippen molar-refractivity contribution in [1.29, 1.82) is 0 Å². The van der Waals surface area contributed by atoms with Gasteiger partial charge in [-0.05, 0) is 43.2 Å². The first-order chi connectivity index (χ1) is 15.0. The summed E-state index contributed by atoms with van der Waals surface area (Å²) in [5, 5.41) is 2.98. The second-order valence-electron chi connectivity index (χ2n) is 7.53. The number of nitrogens with zero attached hydrogens (tertiary/aromatic N) is 2. The molecule has 0 bridgehead atoms. The van der Waals surface area contributed by atoms with Crippen LogP contribution in [-0.4, -0.2) is 24.0 Å². The molecule has 4 rings (SSSR count). The first kappa shape index (κ1) is 22.4. The van der Waals surface area contributed by atoms with Gasteiger partial charge in [-0.1, -0.05) is 23.5 Å². The second kappa shape index (κ2) is 8.27. The molecule has 1 unspecified atom stereocenters. The number of benzene rings is 2. The van der Waals surface area contributed by atoms with Gasteiger partial charge in [0, 0.05) is 18.8 Å². The number of aromatic nitrogens is 1. The van der Waals surface area contributed by atoms with Gasteiger partial charge in [0.1, 0.15) is 0 Å². The third-order valence-corrected chi connectivity index (χ3v) is 6.30. The van der Waals surface area contributed by atoms with Crippen molar-refractivity contribution in [3.63, 3.8) is 0 Å². The lowest BCUT2D eigenvalue weighted by Gasteiger charge is -2.31. The SMILES string of the molecule is O=C(Nc1cc(C(F)(F)F)cc(C(F)(F)F)c1)C1CCCN(c2nc3ccccc3s2)C1. The van der Waals surface area contributed by atoms with Gasteiger partial charge in [0.05, 0.1) is 27.3 Å². The number of thiazole rings is 1. The molecule has 3 aromatic rings. The summed E-state index contributed by atoms with van der Waals surface area (Å²) in [6.07, 6.45) is -8.84. The molecule has 1 aromatic heterocycles. The summed E-state index contributed by atoms with van der Waals surface area (Å²) >= 11 is 1.46. The van der Waals surface area contributed by atoms with E-state index in [9.17, 15) is 31.1 Å². The highest BCUT2D eigenvalue weighted by molar-refractivity contribution is 7.22. The number of hydrogen-bond donors (Lipinski definition) is 1. The van der Waals surface area contributed by atoms with Crippen LogP contribution in [0.5, 0.6) is 0 Å². The van der Waals surface area contributed by atoms with Crippen LogP contribution in [0.4, 0.5) is 37.2 Å². The molecule has 1 atom stereocenters. The molecule has 0 saturated carbocycles. The first-order valence-electron chi connectivity index (χ1n) is 9.71. The molecule has 4 nitrogen and oxygen atoms in total. The molecule has 1 amide bonds. The van der Waals surface area contributed by atoms with Gasteiger partial charge < -0.3 is 10.2 Å². The monoisotopic (exact) mass is 473 g/mol. The van der Waals surface area contributed by atoms with Crippen molar-refractivity contribution in [2.45, 2.75) is 25.2 Å². The minimum atomic E-state index is -4.98. The fourth-order valence-corrected chi connectivity index (χ4v) is 4.63. The second-order valence-corrected chi connectivity index (χ2v) is 8.54. The predicted molar refractivity (Wildman–Crippen MR) is 110 cm³/mol. The summed E-state index contributed by atoms with van der Waals surface area (Å²) in [6.45, 7) is 0.933. The summed E-state index contributed by atoms with van der Waals surface area (Å²) in [7, 11) is 0. The van der Waals surface area contributed by atoms with E-state index < -0.39 is 41.0 Å². The Balaban J connectivity index is 1.53. The zero-order valence-electron chi connectivity index (χ0n) is 16.4. The largest absolute Gasteiger partial charge is 0.416 e. The minimum absolute atomic E-state index is 0.0329. The smallest absolute Gasteiger partial charge is 0.347 e. The normalized spacial score (nSPS) is 17.6. The number of amides is 1. The molecule has 1 aliphatic heterocycles. The van der Waals surface area contributed by atoms with E-state index in [1.165, 1.54) is 11.3 Å². The molecular formula is C21H17F6N3OS. The maximum Gasteiger partial charge on any atom is 0.416 e. The van der Waals surface area contributed by atoms with Gasteiger partial charge in [-0.2, -0.15) is 26.3 Å². The molecule has 170 valence electrons. The van der Waals surface area contributed by atoms with Gasteiger partial charge in [-0.25, -0.2) is 4.98 Å². The van der Waals surface area contributed by atoms with E-state index in [1.807, 2.05) is 29.2 Å². The Morgan fingerprint density at radius 1 is 1.03 bits per heavy atom. The fraction of sp³-hybridized carbons (Fsp3) is 0.333. The first-order valence-corrected chi connectivity index (χ1v) is 10.5. The molecule has 11 heteroatoms. The standard InChI is InChI=1S/C21H17F6N3OS/c22-20(23,24)13-8-14(21(25,26)27)10-15(9-13)28-18(31)12-4-3-7-30(11-12)19-29-16-5-1-2-6-17(16)32-19/h1-2,5-6,8-10,12H,3-4,7,11H2,(H,28,31). The lowest BCUT2D eigenvalue weighted by Crippen LogP contribution is -2.40. The van der Waals surface area contributed by atoms with Gasteiger partial charge in [-0.15, -0.1) is 0 Å². The van der Waals surface area contributed by atoms with E-state index in [0.717, 1.165) is 15.3 Å². The molecule has 1 aliphatic rings. The van der Waals surface area contributed by atoms with Crippen molar-refractivity contribution in [1.82, 2.24) is 4.98 Å². The molecule has 1 fully saturated rings. The van der Waals surface area contributed by atoms with Crippen molar-refractivity contribution in [2.75, 3.05) is 23.3 Å². The van der Waals surface area contributed by atoms with Crippen LogP contribution in [-0.2, 0) is 17.1 Å². The number of carbonyl (C=O) groups excluding carboxylic acids is 1. The topological polar surface area (TPSA) is 45.2 Å². The number of hydrogen-bond acceptors (Lipinski definition) is 4. The van der Waals surface area contributed by atoms with Crippen molar-refractivity contribution < 1.29 is 31.1 Å². The lowest BCUT2D eigenvalue weighted by atomic mass is 9.97. The highest BCUT2D eigenvalue weighted by Gasteiger charge is 2.37. The molecule has 0 spiro atoms. The number of nitrogens with one attached hydrogen (secondary N) is 1. The van der Waals surface area contributed by atoms with Crippen LogP contribution in [0, 0.1) is 5.92 Å². The number of para-hydroxylation sites is 1. The average Bonchev–Trinajstić information content (AvgIpc) is 3.17. The number of alkyl halides is 6. The third-order valence-electron chi connectivity index (χ3n) is 5.20. The van der Waals surface area contributed by atoms with E-state index in [0.29, 0.717) is 31.5 Å². The Labute approximate surface area is 182 Å². The van der Waals surface area contributed by atoms with E-state index in [2.05, 4.69) is 10.3 Å². The Morgan fingerprint density at radius 3 is 2.31 bits per heavy atom. The number of piperidine rings is 1. The van der Waals surface area contributed by atoms with E-state index in [-0.39, 0.29) is 12.6 Å². The Bertz CT molecular complexity index is 1080. The van der Waals surface area contributed by atoms with Crippen molar-refractivity contribution in [3.05, 3.63) is 53.6 Å². The van der Waals surface area contributed by atoms with E-state index >= 15 is 0 Å². The Hall–Kier alpha value is -2.82. The van der Waals surface area contributed by atoms with Crippen LogP contribution in [0.15, 0.2) is 42.5 Å². The fourth-order valence-electron chi connectivity index (χ4n) is 3.63. The zero-order valence-corrected chi connectivity index (χ0v) is 17.2. The van der Waals surface area contributed by atoms with E-state index in [1.54, 1.807) is 0 Å². The number of carbonyl (C=O) groups is 1. The summed E-state index contributed by atoms with van der Waals surface area (Å²) < 4.78 is 79.4. The summed E-state index contributed by atoms with van der Waals surface area (Å²) in [6, 6.07) is 8.61. The molecule has 2 aromatic carbocycles. The molecule has 1 N–H and O–H groups in total. The highest BCUT2D eigenvalue weighted by Crippen LogP contribution is 2.38. The molecule has 1 saturated heterocycles. The third kappa shape index (κ3) is 4.82. The highest BCUT2D eigenvalue weighted by atomic mass is 32.1.